The zero-order valence-electron chi connectivity index (χ0n) is 19.2. The van der Waals surface area contributed by atoms with E-state index in [1.165, 1.54) is 42.1 Å². The molecule has 1 aliphatic rings. The summed E-state index contributed by atoms with van der Waals surface area (Å²) in [6.07, 6.45) is 3.61. The predicted octanol–water partition coefficient (Wildman–Crippen LogP) is 9.11. The molecule has 0 atom stereocenters. The fourth-order valence-corrected chi connectivity index (χ4v) is 6.78. The first kappa shape index (κ1) is 19.7. The third-order valence-electron chi connectivity index (χ3n) is 7.12. The van der Waals surface area contributed by atoms with Crippen molar-refractivity contribution in [1.29, 1.82) is 0 Å². The van der Waals surface area contributed by atoms with E-state index < -0.39 is 0 Å². The van der Waals surface area contributed by atoms with Crippen molar-refractivity contribution in [2.75, 3.05) is 4.90 Å². The van der Waals surface area contributed by atoms with Crippen LogP contribution in [0, 0.1) is 0 Å². The summed E-state index contributed by atoms with van der Waals surface area (Å²) in [6.45, 7) is 0. The van der Waals surface area contributed by atoms with E-state index in [2.05, 4.69) is 113 Å². The van der Waals surface area contributed by atoms with E-state index in [1.54, 1.807) is 6.33 Å². The van der Waals surface area contributed by atoms with Crippen LogP contribution in [-0.2, 0) is 0 Å². The SMILES string of the molecule is c1ccc(-c2cc3c4c(cccc4c2)N(c2cccc4c2sc2ccccc24)c2cncnc2-3)cc1. The molecule has 168 valence electrons. The Morgan fingerprint density at radius 2 is 1.44 bits per heavy atom. The van der Waals surface area contributed by atoms with Gasteiger partial charge in [-0.2, -0.15) is 0 Å². The van der Waals surface area contributed by atoms with Gasteiger partial charge in [-0.1, -0.05) is 72.8 Å². The van der Waals surface area contributed by atoms with E-state index in [1.807, 2.05) is 17.5 Å². The summed E-state index contributed by atoms with van der Waals surface area (Å²) in [5.74, 6) is 0. The highest BCUT2D eigenvalue weighted by Gasteiger charge is 2.29. The van der Waals surface area contributed by atoms with Crippen molar-refractivity contribution in [2.45, 2.75) is 0 Å². The van der Waals surface area contributed by atoms with Crippen molar-refractivity contribution in [3.63, 3.8) is 0 Å². The quantitative estimate of drug-likeness (QED) is 0.249. The molecule has 2 aromatic heterocycles. The second-order valence-corrected chi connectivity index (χ2v) is 10.2. The van der Waals surface area contributed by atoms with Gasteiger partial charge in [0.25, 0.3) is 0 Å². The van der Waals surface area contributed by atoms with Crippen LogP contribution >= 0.6 is 11.3 Å². The first-order valence-electron chi connectivity index (χ1n) is 12.0. The third-order valence-corrected chi connectivity index (χ3v) is 8.33. The lowest BCUT2D eigenvalue weighted by atomic mass is 9.90. The molecule has 0 radical (unpaired) electrons. The Morgan fingerprint density at radius 3 is 2.39 bits per heavy atom. The maximum Gasteiger partial charge on any atom is 0.116 e. The molecule has 0 fully saturated rings. The van der Waals surface area contributed by atoms with Gasteiger partial charge in [0.2, 0.25) is 0 Å². The van der Waals surface area contributed by atoms with Gasteiger partial charge in [0.15, 0.2) is 0 Å². The van der Waals surface area contributed by atoms with Gasteiger partial charge >= 0.3 is 0 Å². The number of hydrogen-bond acceptors (Lipinski definition) is 4. The molecule has 0 unspecified atom stereocenters. The van der Waals surface area contributed by atoms with Crippen LogP contribution in [-0.4, -0.2) is 9.97 Å². The third kappa shape index (κ3) is 2.73. The van der Waals surface area contributed by atoms with Crippen LogP contribution in [0.3, 0.4) is 0 Å². The van der Waals surface area contributed by atoms with Crippen molar-refractivity contribution in [3.05, 3.63) is 116 Å². The maximum atomic E-state index is 4.83. The maximum absolute atomic E-state index is 4.83. The Bertz CT molecular complexity index is 1960. The fourth-order valence-electron chi connectivity index (χ4n) is 5.57. The largest absolute Gasteiger partial charge is 0.305 e. The molecule has 0 N–H and O–H groups in total. The molecule has 1 aliphatic heterocycles. The van der Waals surface area contributed by atoms with Gasteiger partial charge in [-0.15, -0.1) is 11.3 Å². The monoisotopic (exact) mass is 477 g/mol. The van der Waals surface area contributed by atoms with E-state index in [0.717, 1.165) is 28.3 Å². The van der Waals surface area contributed by atoms with Crippen LogP contribution in [0.5, 0.6) is 0 Å². The molecule has 0 aliphatic carbocycles. The van der Waals surface area contributed by atoms with Crippen LogP contribution in [0.1, 0.15) is 0 Å². The first-order chi connectivity index (χ1) is 17.9. The Balaban J connectivity index is 1.47. The number of anilines is 3. The molecule has 4 heteroatoms. The molecule has 0 bridgehead atoms. The topological polar surface area (TPSA) is 29.0 Å². The van der Waals surface area contributed by atoms with Gasteiger partial charge < -0.3 is 4.90 Å². The summed E-state index contributed by atoms with van der Waals surface area (Å²) in [5.41, 5.74) is 7.84. The summed E-state index contributed by atoms with van der Waals surface area (Å²) >= 11 is 1.84. The summed E-state index contributed by atoms with van der Waals surface area (Å²) in [7, 11) is 0. The fraction of sp³-hybridized carbons (Fsp3) is 0. The van der Waals surface area contributed by atoms with E-state index in [0.29, 0.717) is 0 Å². The van der Waals surface area contributed by atoms with Gasteiger partial charge in [0.1, 0.15) is 6.33 Å². The van der Waals surface area contributed by atoms with Crippen molar-refractivity contribution >= 4 is 59.3 Å². The number of fused-ring (bicyclic) bond motifs is 5. The average molecular weight is 478 g/mol. The van der Waals surface area contributed by atoms with E-state index in [-0.39, 0.29) is 0 Å². The average Bonchev–Trinajstić information content (AvgIpc) is 3.33. The molecule has 0 saturated heterocycles. The second-order valence-electron chi connectivity index (χ2n) is 9.11. The lowest BCUT2D eigenvalue weighted by Gasteiger charge is -2.33. The predicted molar refractivity (Wildman–Crippen MR) is 152 cm³/mol. The summed E-state index contributed by atoms with van der Waals surface area (Å²) in [6, 6.07) is 37.0. The smallest absolute Gasteiger partial charge is 0.116 e. The summed E-state index contributed by atoms with van der Waals surface area (Å²) < 4.78 is 2.57. The molecular formula is C32H19N3S. The number of nitrogens with zero attached hydrogens (tertiary/aromatic N) is 3. The molecule has 3 heterocycles. The number of benzene rings is 5. The van der Waals surface area contributed by atoms with Crippen LogP contribution in [0.25, 0.3) is 53.3 Å². The Hall–Kier alpha value is -4.54. The Kier molecular flexibility index (Phi) is 4.10. The minimum absolute atomic E-state index is 0.963. The highest BCUT2D eigenvalue weighted by atomic mass is 32.1. The molecule has 8 rings (SSSR count). The zero-order chi connectivity index (χ0) is 23.6. The molecule has 0 spiro atoms. The highest BCUT2D eigenvalue weighted by Crippen LogP contribution is 2.53. The van der Waals surface area contributed by atoms with Crippen molar-refractivity contribution < 1.29 is 0 Å². The molecule has 5 aromatic carbocycles. The second kappa shape index (κ2) is 7.48. The van der Waals surface area contributed by atoms with Crippen molar-refractivity contribution in [2.24, 2.45) is 0 Å². The molecule has 0 amide bonds. The van der Waals surface area contributed by atoms with Gasteiger partial charge in [-0.25, -0.2) is 9.97 Å². The zero-order valence-corrected chi connectivity index (χ0v) is 20.0. The Morgan fingerprint density at radius 1 is 0.639 bits per heavy atom. The van der Waals surface area contributed by atoms with Gasteiger partial charge in [0, 0.05) is 26.4 Å². The van der Waals surface area contributed by atoms with E-state index in [4.69, 9.17) is 4.98 Å². The van der Waals surface area contributed by atoms with Crippen LogP contribution in [0.15, 0.2) is 116 Å². The lowest BCUT2D eigenvalue weighted by Crippen LogP contribution is -2.16. The summed E-state index contributed by atoms with van der Waals surface area (Å²) in [5, 5.41) is 5.01. The molecule has 0 saturated carbocycles. The van der Waals surface area contributed by atoms with Crippen molar-refractivity contribution in [3.8, 4) is 22.4 Å². The van der Waals surface area contributed by atoms with E-state index in [9.17, 15) is 0 Å². The molecule has 7 aromatic rings. The van der Waals surface area contributed by atoms with Crippen LogP contribution in [0.2, 0.25) is 0 Å². The normalized spacial score (nSPS) is 12.4. The van der Waals surface area contributed by atoms with Gasteiger partial charge in [-0.3, -0.25) is 0 Å². The van der Waals surface area contributed by atoms with Crippen LogP contribution < -0.4 is 4.90 Å². The Labute approximate surface area is 211 Å². The lowest BCUT2D eigenvalue weighted by molar-refractivity contribution is 1.13. The van der Waals surface area contributed by atoms with E-state index >= 15 is 0 Å². The van der Waals surface area contributed by atoms with Crippen molar-refractivity contribution in [1.82, 2.24) is 9.97 Å². The first-order valence-corrected chi connectivity index (χ1v) is 12.8. The molecule has 36 heavy (non-hydrogen) atoms. The number of rotatable bonds is 2. The number of hydrogen-bond donors (Lipinski definition) is 0. The van der Waals surface area contributed by atoms with Gasteiger partial charge in [-0.05, 0) is 46.8 Å². The minimum atomic E-state index is 0.963. The number of aromatic nitrogens is 2. The standard InChI is InChI=1S/C32H19N3S/c1-2-8-20(9-3-1)22-16-21-10-6-13-26-30(21)25(17-22)31-28(18-33-19-34-31)35(26)27-14-7-12-24-23-11-4-5-15-29(23)36-32(24)27/h1-19H. The minimum Gasteiger partial charge on any atom is -0.305 e. The molecule has 3 nitrogen and oxygen atoms in total. The highest BCUT2D eigenvalue weighted by molar-refractivity contribution is 7.26. The molecular weight excluding hydrogens is 458 g/mol. The summed E-state index contributed by atoms with van der Waals surface area (Å²) in [4.78, 5) is 11.6. The van der Waals surface area contributed by atoms with Crippen LogP contribution in [0.4, 0.5) is 17.1 Å². The van der Waals surface area contributed by atoms with Gasteiger partial charge in [0.05, 0.1) is 33.7 Å². The number of thiophene rings is 1.